The summed E-state index contributed by atoms with van der Waals surface area (Å²) < 4.78 is 0. The van der Waals surface area contributed by atoms with Crippen molar-refractivity contribution in [2.24, 2.45) is 0 Å². The molecule has 0 aromatic carbocycles. The van der Waals surface area contributed by atoms with Crippen LogP contribution in [0.5, 0.6) is 0 Å². The van der Waals surface area contributed by atoms with Crippen molar-refractivity contribution in [3.8, 4) is 0 Å². The maximum Gasteiger partial charge on any atom is 0.207 e. The molecule has 1 amide bonds. The monoisotopic (exact) mass is 177 g/mol. The van der Waals surface area contributed by atoms with Crippen LogP contribution < -0.4 is 5.32 Å². The molecular formula is C11H15NO. The molecule has 0 spiro atoms. The lowest BCUT2D eigenvalue weighted by molar-refractivity contribution is -0.110. The number of carbonyl (C=O) groups excluding carboxylic acids is 1. The van der Waals surface area contributed by atoms with Crippen molar-refractivity contribution in [2.75, 3.05) is 0 Å². The van der Waals surface area contributed by atoms with Crippen molar-refractivity contribution >= 4 is 6.41 Å². The van der Waals surface area contributed by atoms with E-state index in [-0.39, 0.29) is 6.04 Å². The summed E-state index contributed by atoms with van der Waals surface area (Å²) in [6.45, 7) is 7.51. The second-order valence-electron chi connectivity index (χ2n) is 3.12. The molecule has 1 aliphatic carbocycles. The first-order valence-corrected chi connectivity index (χ1v) is 4.51. The van der Waals surface area contributed by atoms with Crippen molar-refractivity contribution in [3.63, 3.8) is 0 Å². The van der Waals surface area contributed by atoms with E-state index in [1.807, 2.05) is 12.2 Å². The first-order chi connectivity index (χ1) is 6.33. The highest BCUT2D eigenvalue weighted by Gasteiger charge is 2.18. The molecule has 1 N–H and O–H groups in total. The van der Waals surface area contributed by atoms with Gasteiger partial charge in [0.15, 0.2) is 0 Å². The second-order valence-corrected chi connectivity index (χ2v) is 3.12. The highest BCUT2D eigenvalue weighted by atomic mass is 16.1. The van der Waals surface area contributed by atoms with Gasteiger partial charge in [-0.15, -0.1) is 0 Å². The van der Waals surface area contributed by atoms with Crippen molar-refractivity contribution in [1.82, 2.24) is 5.32 Å². The van der Waals surface area contributed by atoms with Crippen LogP contribution in [0.3, 0.4) is 0 Å². The van der Waals surface area contributed by atoms with E-state index in [9.17, 15) is 4.79 Å². The van der Waals surface area contributed by atoms with Gasteiger partial charge in [0, 0.05) is 0 Å². The molecule has 1 rings (SSSR count). The zero-order valence-electron chi connectivity index (χ0n) is 7.75. The molecule has 70 valence electrons. The Labute approximate surface area is 79.0 Å². The molecule has 13 heavy (non-hydrogen) atoms. The number of nitrogens with one attached hydrogen (secondary N) is 1. The number of hydrogen-bond donors (Lipinski definition) is 1. The Morgan fingerprint density at radius 3 is 2.69 bits per heavy atom. The molecule has 0 fully saturated rings. The Bertz CT molecular complexity index is 253. The molecule has 0 saturated carbocycles. The largest absolute Gasteiger partial charge is 0.352 e. The Hall–Kier alpha value is -1.31. The average molecular weight is 177 g/mol. The fourth-order valence-electron chi connectivity index (χ4n) is 1.77. The van der Waals surface area contributed by atoms with Gasteiger partial charge < -0.3 is 5.32 Å². The number of carbonyl (C=O) groups is 1. The lowest BCUT2D eigenvalue weighted by atomic mass is 9.88. The number of rotatable bonds is 4. The topological polar surface area (TPSA) is 29.1 Å². The molecular weight excluding hydrogens is 162 g/mol. The van der Waals surface area contributed by atoms with Crippen LogP contribution in [0.1, 0.15) is 19.3 Å². The Balaban J connectivity index is 2.90. The lowest BCUT2D eigenvalue weighted by Crippen LogP contribution is -2.31. The van der Waals surface area contributed by atoms with Crippen molar-refractivity contribution in [3.05, 3.63) is 36.5 Å². The molecule has 1 atom stereocenters. The zero-order valence-corrected chi connectivity index (χ0v) is 7.75. The van der Waals surface area contributed by atoms with Gasteiger partial charge in [0.05, 0.1) is 6.04 Å². The standard InChI is InChI=1S/C11H15NO/c1-3-9-6-5-7-11(12-8-13)10(9)4-2/h3-4,8,11H,1-2,5-7H2,(H,12,13). The third kappa shape index (κ3) is 2.08. The summed E-state index contributed by atoms with van der Waals surface area (Å²) in [6, 6.07) is 0.136. The highest BCUT2D eigenvalue weighted by molar-refractivity contribution is 5.50. The lowest BCUT2D eigenvalue weighted by Gasteiger charge is -2.24. The van der Waals surface area contributed by atoms with Crippen LogP contribution in [0.2, 0.25) is 0 Å². The Morgan fingerprint density at radius 2 is 2.15 bits per heavy atom. The smallest absolute Gasteiger partial charge is 0.207 e. The molecule has 1 aliphatic rings. The third-order valence-corrected chi connectivity index (χ3v) is 2.42. The van der Waals surface area contributed by atoms with E-state index in [1.165, 1.54) is 5.57 Å². The SMILES string of the molecule is C=CC1=C(C=C)C(NC=O)CCC1. The van der Waals surface area contributed by atoms with Crippen LogP contribution in [-0.4, -0.2) is 12.5 Å². The normalized spacial score (nSPS) is 22.3. The molecule has 0 aromatic heterocycles. The molecule has 0 bridgehead atoms. The summed E-state index contributed by atoms with van der Waals surface area (Å²) in [7, 11) is 0. The molecule has 0 aliphatic heterocycles. The van der Waals surface area contributed by atoms with Crippen LogP contribution in [0.25, 0.3) is 0 Å². The van der Waals surface area contributed by atoms with Crippen LogP contribution in [0.15, 0.2) is 36.5 Å². The van der Waals surface area contributed by atoms with Gasteiger partial charge in [-0.3, -0.25) is 4.79 Å². The zero-order chi connectivity index (χ0) is 9.68. The quantitative estimate of drug-likeness (QED) is 0.653. The van der Waals surface area contributed by atoms with E-state index in [0.717, 1.165) is 31.2 Å². The molecule has 0 heterocycles. The van der Waals surface area contributed by atoms with Gasteiger partial charge in [0.1, 0.15) is 0 Å². The molecule has 0 radical (unpaired) electrons. The molecule has 0 aromatic rings. The molecule has 2 heteroatoms. The van der Waals surface area contributed by atoms with Crippen LogP contribution in [0.4, 0.5) is 0 Å². The van der Waals surface area contributed by atoms with Crippen molar-refractivity contribution in [1.29, 1.82) is 0 Å². The van der Waals surface area contributed by atoms with E-state index in [4.69, 9.17) is 0 Å². The number of hydrogen-bond acceptors (Lipinski definition) is 1. The second kappa shape index (κ2) is 4.65. The summed E-state index contributed by atoms with van der Waals surface area (Å²) in [4.78, 5) is 10.3. The summed E-state index contributed by atoms with van der Waals surface area (Å²) in [5.74, 6) is 0. The van der Waals surface area contributed by atoms with Crippen LogP contribution in [0, 0.1) is 0 Å². The van der Waals surface area contributed by atoms with Crippen molar-refractivity contribution in [2.45, 2.75) is 25.3 Å². The summed E-state index contributed by atoms with van der Waals surface area (Å²) >= 11 is 0. The molecule has 2 nitrogen and oxygen atoms in total. The minimum absolute atomic E-state index is 0.136. The predicted octanol–water partition coefficient (Wildman–Crippen LogP) is 1.95. The summed E-state index contributed by atoms with van der Waals surface area (Å²) in [6.07, 6.45) is 7.57. The minimum Gasteiger partial charge on any atom is -0.352 e. The average Bonchev–Trinajstić information content (AvgIpc) is 2.18. The van der Waals surface area contributed by atoms with E-state index in [0.29, 0.717) is 0 Å². The maximum atomic E-state index is 10.3. The maximum absolute atomic E-state index is 10.3. The van der Waals surface area contributed by atoms with E-state index >= 15 is 0 Å². The van der Waals surface area contributed by atoms with Gasteiger partial charge >= 0.3 is 0 Å². The van der Waals surface area contributed by atoms with Gasteiger partial charge in [-0.05, 0) is 30.4 Å². The van der Waals surface area contributed by atoms with E-state index < -0.39 is 0 Å². The van der Waals surface area contributed by atoms with Crippen molar-refractivity contribution < 1.29 is 4.79 Å². The predicted molar refractivity (Wildman–Crippen MR) is 54.3 cm³/mol. The van der Waals surface area contributed by atoms with Gasteiger partial charge in [-0.25, -0.2) is 0 Å². The summed E-state index contributed by atoms with van der Waals surface area (Å²) in [5, 5.41) is 2.79. The van der Waals surface area contributed by atoms with Crippen LogP contribution >= 0.6 is 0 Å². The number of amides is 1. The van der Waals surface area contributed by atoms with Crippen LogP contribution in [-0.2, 0) is 4.79 Å². The Kier molecular flexibility index (Phi) is 3.50. The minimum atomic E-state index is 0.136. The molecule has 0 saturated heterocycles. The van der Waals surface area contributed by atoms with Gasteiger partial charge in [0.2, 0.25) is 6.41 Å². The Morgan fingerprint density at radius 1 is 1.38 bits per heavy atom. The third-order valence-electron chi connectivity index (χ3n) is 2.42. The van der Waals surface area contributed by atoms with Gasteiger partial charge in [0.25, 0.3) is 0 Å². The first-order valence-electron chi connectivity index (χ1n) is 4.51. The van der Waals surface area contributed by atoms with Gasteiger partial charge in [-0.2, -0.15) is 0 Å². The first kappa shape index (κ1) is 9.78. The van der Waals surface area contributed by atoms with Gasteiger partial charge in [-0.1, -0.05) is 25.3 Å². The number of allylic oxidation sites excluding steroid dienone is 2. The van der Waals surface area contributed by atoms with E-state index in [2.05, 4.69) is 18.5 Å². The highest BCUT2D eigenvalue weighted by Crippen LogP contribution is 2.26. The fourth-order valence-corrected chi connectivity index (χ4v) is 1.77. The van der Waals surface area contributed by atoms with E-state index in [1.54, 1.807) is 0 Å². The summed E-state index contributed by atoms with van der Waals surface area (Å²) in [5.41, 5.74) is 2.33. The fraction of sp³-hybridized carbons (Fsp3) is 0.364. The molecule has 1 unspecified atom stereocenters.